The molecule has 0 aromatic carbocycles. The molecule has 0 spiro atoms. The summed E-state index contributed by atoms with van der Waals surface area (Å²) >= 11 is 0. The zero-order valence-corrected chi connectivity index (χ0v) is 5.26. The minimum absolute atomic E-state index is 0.0602. The van der Waals surface area contributed by atoms with Gasteiger partial charge in [0, 0.05) is 0 Å². The number of nitrogens with one attached hydrogen (secondary N) is 1. The molecule has 2 N–H and O–H groups in total. The number of aliphatic hydroxyl groups is 1. The van der Waals surface area contributed by atoms with Crippen molar-refractivity contribution in [3.63, 3.8) is 0 Å². The van der Waals surface area contributed by atoms with Gasteiger partial charge in [-0.1, -0.05) is 0 Å². The van der Waals surface area contributed by atoms with E-state index in [1.807, 2.05) is 0 Å². The van der Waals surface area contributed by atoms with Crippen molar-refractivity contribution < 1.29 is 9.90 Å². The van der Waals surface area contributed by atoms with Gasteiger partial charge in [0.2, 0.25) is 0 Å². The normalized spacial score (nSPS) is 26.6. The number of aliphatic hydroxyl groups excluding tert-OH is 1. The third kappa shape index (κ3) is 1.50. The number of carbonyl (C=O) groups is 1. The van der Waals surface area contributed by atoms with Gasteiger partial charge in [-0.05, 0) is 19.4 Å². The number of Topliss-reactive ketones (excluding diaryl/α,β-unsaturated/α-hetero) is 1. The number of carbonyl (C=O) groups excluding carboxylic acids is 1. The van der Waals surface area contributed by atoms with E-state index >= 15 is 0 Å². The summed E-state index contributed by atoms with van der Waals surface area (Å²) in [5.41, 5.74) is 0. The summed E-state index contributed by atoms with van der Waals surface area (Å²) in [6, 6.07) is -0.0602. The van der Waals surface area contributed by atoms with Gasteiger partial charge in [0.05, 0.1) is 6.04 Å². The summed E-state index contributed by atoms with van der Waals surface area (Å²) in [6.07, 6.45) is 1.94. The van der Waals surface area contributed by atoms with Crippen molar-refractivity contribution in [2.24, 2.45) is 0 Å². The Balaban J connectivity index is 2.32. The fourth-order valence-corrected chi connectivity index (χ4v) is 1.07. The molecule has 0 aromatic rings. The average molecular weight is 129 g/mol. The van der Waals surface area contributed by atoms with E-state index in [2.05, 4.69) is 5.32 Å². The molecule has 0 unspecified atom stereocenters. The first-order chi connectivity index (χ1) is 4.34. The number of hydrogen-bond acceptors (Lipinski definition) is 3. The summed E-state index contributed by atoms with van der Waals surface area (Å²) < 4.78 is 0. The summed E-state index contributed by atoms with van der Waals surface area (Å²) in [5, 5.41) is 11.4. The SMILES string of the molecule is O=C(CO)[C@@H]1CCCN1. The lowest BCUT2D eigenvalue weighted by atomic mass is 10.1. The smallest absolute Gasteiger partial charge is 0.174 e. The Hall–Kier alpha value is -0.410. The summed E-state index contributed by atoms with van der Waals surface area (Å²) in [5.74, 6) is -0.0764. The van der Waals surface area contributed by atoms with Gasteiger partial charge in [-0.15, -0.1) is 0 Å². The van der Waals surface area contributed by atoms with Crippen LogP contribution >= 0.6 is 0 Å². The summed E-state index contributed by atoms with van der Waals surface area (Å²) in [4.78, 5) is 10.7. The van der Waals surface area contributed by atoms with Crippen LogP contribution in [0.25, 0.3) is 0 Å². The van der Waals surface area contributed by atoms with Gasteiger partial charge in [0.25, 0.3) is 0 Å². The predicted molar refractivity (Wildman–Crippen MR) is 33.1 cm³/mol. The number of rotatable bonds is 2. The molecule has 1 rings (SSSR count). The van der Waals surface area contributed by atoms with Gasteiger partial charge < -0.3 is 10.4 Å². The molecule has 0 bridgehead atoms. The molecule has 3 heteroatoms. The molecule has 0 aromatic heterocycles. The molecule has 1 aliphatic rings. The molecule has 52 valence electrons. The maximum Gasteiger partial charge on any atom is 0.174 e. The zero-order valence-electron chi connectivity index (χ0n) is 5.26. The molecule has 1 atom stereocenters. The fourth-order valence-electron chi connectivity index (χ4n) is 1.07. The molecule has 1 fully saturated rings. The Morgan fingerprint density at radius 2 is 2.56 bits per heavy atom. The lowest BCUT2D eigenvalue weighted by molar-refractivity contribution is -0.123. The fraction of sp³-hybridized carbons (Fsp3) is 0.833. The van der Waals surface area contributed by atoms with Crippen molar-refractivity contribution in [1.29, 1.82) is 0 Å². The Kier molecular flexibility index (Phi) is 2.19. The summed E-state index contributed by atoms with van der Waals surface area (Å²) in [6.45, 7) is 0.591. The lowest BCUT2D eigenvalue weighted by Crippen LogP contribution is -2.32. The second kappa shape index (κ2) is 2.94. The third-order valence-electron chi connectivity index (χ3n) is 1.60. The highest BCUT2D eigenvalue weighted by molar-refractivity contribution is 5.85. The maximum absolute atomic E-state index is 10.7. The van der Waals surface area contributed by atoms with Crippen LogP contribution in [0.3, 0.4) is 0 Å². The maximum atomic E-state index is 10.7. The Morgan fingerprint density at radius 1 is 1.78 bits per heavy atom. The summed E-state index contributed by atoms with van der Waals surface area (Å²) in [7, 11) is 0. The second-order valence-corrected chi connectivity index (χ2v) is 2.27. The zero-order chi connectivity index (χ0) is 6.69. The van der Waals surface area contributed by atoms with Crippen LogP contribution in [0.15, 0.2) is 0 Å². The van der Waals surface area contributed by atoms with Crippen molar-refractivity contribution in [2.75, 3.05) is 13.2 Å². The van der Waals surface area contributed by atoms with Crippen LogP contribution < -0.4 is 5.32 Å². The highest BCUT2D eigenvalue weighted by Crippen LogP contribution is 2.04. The molecule has 0 saturated carbocycles. The molecule has 1 heterocycles. The molecule has 0 radical (unpaired) electrons. The third-order valence-corrected chi connectivity index (χ3v) is 1.60. The van der Waals surface area contributed by atoms with Gasteiger partial charge in [0.1, 0.15) is 6.61 Å². The van der Waals surface area contributed by atoms with Gasteiger partial charge in [0.15, 0.2) is 5.78 Å². The molecular formula is C6H11NO2. The van der Waals surface area contributed by atoms with Crippen molar-refractivity contribution in [2.45, 2.75) is 18.9 Å². The molecule has 1 aliphatic heterocycles. The van der Waals surface area contributed by atoms with E-state index in [0.717, 1.165) is 19.4 Å². The standard InChI is InChI=1S/C6H11NO2/c8-4-6(9)5-2-1-3-7-5/h5,7-8H,1-4H2/t5-/m0/s1. The Morgan fingerprint density at radius 3 is 3.00 bits per heavy atom. The van der Waals surface area contributed by atoms with E-state index in [9.17, 15) is 4.79 Å². The highest BCUT2D eigenvalue weighted by atomic mass is 16.3. The molecule has 0 aliphatic carbocycles. The molecule has 3 nitrogen and oxygen atoms in total. The van der Waals surface area contributed by atoms with Crippen LogP contribution in [0, 0.1) is 0 Å². The van der Waals surface area contributed by atoms with E-state index in [0.29, 0.717) is 0 Å². The van der Waals surface area contributed by atoms with Crippen LogP contribution in [0.4, 0.5) is 0 Å². The first-order valence-corrected chi connectivity index (χ1v) is 3.21. The highest BCUT2D eigenvalue weighted by Gasteiger charge is 2.20. The van der Waals surface area contributed by atoms with Crippen LogP contribution in [0.5, 0.6) is 0 Å². The van der Waals surface area contributed by atoms with Crippen molar-refractivity contribution in [1.82, 2.24) is 5.32 Å². The van der Waals surface area contributed by atoms with Gasteiger partial charge in [-0.3, -0.25) is 4.79 Å². The van der Waals surface area contributed by atoms with E-state index in [-0.39, 0.29) is 18.4 Å². The molecular weight excluding hydrogens is 118 g/mol. The van der Waals surface area contributed by atoms with Crippen molar-refractivity contribution in [3.05, 3.63) is 0 Å². The van der Waals surface area contributed by atoms with Gasteiger partial charge in [-0.25, -0.2) is 0 Å². The second-order valence-electron chi connectivity index (χ2n) is 2.27. The van der Waals surface area contributed by atoms with Gasteiger partial charge >= 0.3 is 0 Å². The minimum Gasteiger partial charge on any atom is -0.389 e. The first-order valence-electron chi connectivity index (χ1n) is 3.21. The Labute approximate surface area is 54.1 Å². The van der Waals surface area contributed by atoms with Crippen molar-refractivity contribution >= 4 is 5.78 Å². The van der Waals surface area contributed by atoms with E-state index in [1.165, 1.54) is 0 Å². The van der Waals surface area contributed by atoms with Crippen LogP contribution in [0.2, 0.25) is 0 Å². The average Bonchev–Trinajstić information content (AvgIpc) is 2.37. The van der Waals surface area contributed by atoms with Crippen molar-refractivity contribution in [3.8, 4) is 0 Å². The molecule has 0 amide bonds. The molecule has 9 heavy (non-hydrogen) atoms. The number of ketones is 1. The topological polar surface area (TPSA) is 49.3 Å². The monoisotopic (exact) mass is 129 g/mol. The van der Waals surface area contributed by atoms with E-state index < -0.39 is 0 Å². The van der Waals surface area contributed by atoms with E-state index in [1.54, 1.807) is 0 Å². The first kappa shape index (κ1) is 6.71. The quantitative estimate of drug-likeness (QED) is 0.518. The van der Waals surface area contributed by atoms with E-state index in [4.69, 9.17) is 5.11 Å². The number of hydrogen-bond donors (Lipinski definition) is 2. The van der Waals surface area contributed by atoms with Gasteiger partial charge in [-0.2, -0.15) is 0 Å². The minimum atomic E-state index is -0.322. The lowest BCUT2D eigenvalue weighted by Gasteiger charge is -2.04. The van der Waals surface area contributed by atoms with Crippen LogP contribution in [0.1, 0.15) is 12.8 Å². The van der Waals surface area contributed by atoms with Crippen LogP contribution in [-0.4, -0.2) is 30.1 Å². The predicted octanol–water partition coefficient (Wildman–Crippen LogP) is -0.700. The Bertz CT molecular complexity index is 108. The largest absolute Gasteiger partial charge is 0.389 e. The molecule has 1 saturated heterocycles. The van der Waals surface area contributed by atoms with Crippen LogP contribution in [-0.2, 0) is 4.79 Å².